The number of nitrogens with one attached hydrogen (secondary N) is 1. The molecule has 0 aliphatic carbocycles. The third kappa shape index (κ3) is 3.29. The Hall–Kier alpha value is -0.530. The molecule has 0 spiro atoms. The minimum absolute atomic E-state index is 0.256. The first kappa shape index (κ1) is 16.8. The molecule has 3 N–H and O–H groups in total. The van der Waals surface area contributed by atoms with E-state index in [1.54, 1.807) is 12.1 Å². The highest BCUT2D eigenvalue weighted by Gasteiger charge is 2.40. The lowest BCUT2D eigenvalue weighted by atomic mass is 9.82. The zero-order chi connectivity index (χ0) is 15.5. The van der Waals surface area contributed by atoms with Gasteiger partial charge in [0.05, 0.1) is 23.7 Å². The molecule has 1 aromatic carbocycles. The van der Waals surface area contributed by atoms with Crippen molar-refractivity contribution < 1.29 is 9.13 Å². The second-order valence-electron chi connectivity index (χ2n) is 5.55. The first-order chi connectivity index (χ1) is 10.0. The molecular weight excluding hydrogens is 337 g/mol. The van der Waals surface area contributed by atoms with Gasteiger partial charge in [-0.05, 0) is 35.3 Å². The van der Waals surface area contributed by atoms with E-state index in [1.165, 1.54) is 0 Å². The smallest absolute Gasteiger partial charge is 0.142 e. The molecule has 1 aliphatic heterocycles. The van der Waals surface area contributed by atoms with Crippen LogP contribution in [0.2, 0.25) is 0 Å². The lowest BCUT2D eigenvalue weighted by Crippen LogP contribution is -2.58. The van der Waals surface area contributed by atoms with Crippen LogP contribution in [-0.2, 0) is 4.74 Å². The van der Waals surface area contributed by atoms with Crippen LogP contribution in [-0.4, -0.2) is 36.7 Å². The monoisotopic (exact) mass is 359 g/mol. The van der Waals surface area contributed by atoms with Gasteiger partial charge in [-0.3, -0.25) is 16.2 Å². The Kier molecular flexibility index (Phi) is 5.73. The quantitative estimate of drug-likeness (QED) is 0.626. The summed E-state index contributed by atoms with van der Waals surface area (Å²) in [6.45, 7) is 7.30. The van der Waals surface area contributed by atoms with Crippen LogP contribution in [0.5, 0.6) is 0 Å². The molecule has 118 valence electrons. The molecule has 0 aromatic heterocycles. The van der Waals surface area contributed by atoms with Crippen molar-refractivity contribution >= 4 is 15.9 Å². The molecule has 1 aliphatic rings. The second-order valence-corrected chi connectivity index (χ2v) is 6.41. The third-order valence-electron chi connectivity index (χ3n) is 4.53. The summed E-state index contributed by atoms with van der Waals surface area (Å²) in [5, 5.41) is 0. The predicted octanol–water partition coefficient (Wildman–Crippen LogP) is 2.59. The molecule has 2 unspecified atom stereocenters. The van der Waals surface area contributed by atoms with Gasteiger partial charge in [-0.15, -0.1) is 0 Å². The third-order valence-corrected chi connectivity index (χ3v) is 5.14. The van der Waals surface area contributed by atoms with E-state index in [-0.39, 0.29) is 17.4 Å². The van der Waals surface area contributed by atoms with Gasteiger partial charge in [0.15, 0.2) is 0 Å². The topological polar surface area (TPSA) is 50.5 Å². The number of nitrogens with zero attached hydrogens (tertiary/aromatic N) is 1. The summed E-state index contributed by atoms with van der Waals surface area (Å²) in [4.78, 5) is 2.33. The van der Waals surface area contributed by atoms with E-state index in [2.05, 4.69) is 40.1 Å². The van der Waals surface area contributed by atoms with Gasteiger partial charge >= 0.3 is 0 Å². The van der Waals surface area contributed by atoms with Crippen LogP contribution in [0.1, 0.15) is 31.9 Å². The Bertz CT molecular complexity index is 482. The molecule has 21 heavy (non-hydrogen) atoms. The summed E-state index contributed by atoms with van der Waals surface area (Å²) in [6, 6.07) is 5.03. The molecule has 1 heterocycles. The van der Waals surface area contributed by atoms with Crippen molar-refractivity contribution in [3.8, 4) is 0 Å². The fourth-order valence-corrected chi connectivity index (χ4v) is 3.41. The summed E-state index contributed by atoms with van der Waals surface area (Å²) in [6.07, 6.45) is 0.855. The maximum absolute atomic E-state index is 14.5. The molecule has 2 atom stereocenters. The number of rotatable bonds is 5. The average molecular weight is 360 g/mol. The van der Waals surface area contributed by atoms with Crippen LogP contribution in [0.25, 0.3) is 0 Å². The Balaban J connectivity index is 2.38. The number of benzene rings is 1. The molecule has 6 heteroatoms. The highest BCUT2D eigenvalue weighted by Crippen LogP contribution is 2.36. The van der Waals surface area contributed by atoms with Crippen LogP contribution in [0, 0.1) is 5.82 Å². The Morgan fingerprint density at radius 2 is 2.14 bits per heavy atom. The van der Waals surface area contributed by atoms with E-state index in [0.717, 1.165) is 19.5 Å². The number of halogens is 2. The van der Waals surface area contributed by atoms with Gasteiger partial charge in [0.1, 0.15) is 5.82 Å². The van der Waals surface area contributed by atoms with E-state index < -0.39 is 0 Å². The Morgan fingerprint density at radius 1 is 1.48 bits per heavy atom. The van der Waals surface area contributed by atoms with Gasteiger partial charge in [0.2, 0.25) is 0 Å². The maximum atomic E-state index is 14.5. The molecule has 2 rings (SSSR count). The van der Waals surface area contributed by atoms with Crippen LogP contribution in [0.4, 0.5) is 4.39 Å². The van der Waals surface area contributed by atoms with Crippen LogP contribution >= 0.6 is 15.9 Å². The molecule has 0 saturated carbocycles. The minimum Gasteiger partial charge on any atom is -0.379 e. The first-order valence-electron chi connectivity index (χ1n) is 7.27. The van der Waals surface area contributed by atoms with Crippen molar-refractivity contribution in [1.29, 1.82) is 0 Å². The van der Waals surface area contributed by atoms with Crippen molar-refractivity contribution in [2.75, 3.05) is 26.3 Å². The minimum atomic E-state index is -0.293. The Morgan fingerprint density at radius 3 is 2.71 bits per heavy atom. The van der Waals surface area contributed by atoms with Crippen LogP contribution in [0.15, 0.2) is 22.7 Å². The largest absolute Gasteiger partial charge is 0.379 e. The zero-order valence-electron chi connectivity index (χ0n) is 12.5. The van der Waals surface area contributed by atoms with E-state index in [1.807, 2.05) is 6.07 Å². The van der Waals surface area contributed by atoms with E-state index >= 15 is 0 Å². The molecule has 0 amide bonds. The van der Waals surface area contributed by atoms with Gasteiger partial charge < -0.3 is 4.74 Å². The molecule has 4 nitrogen and oxygen atoms in total. The van der Waals surface area contributed by atoms with Crippen molar-refractivity contribution in [1.82, 2.24) is 10.3 Å². The fourth-order valence-electron chi connectivity index (χ4n) is 3.03. The number of ether oxygens (including phenoxy) is 1. The summed E-state index contributed by atoms with van der Waals surface area (Å²) in [5.41, 5.74) is 3.14. The molecule has 1 saturated heterocycles. The van der Waals surface area contributed by atoms with Gasteiger partial charge in [-0.2, -0.15) is 0 Å². The van der Waals surface area contributed by atoms with E-state index in [4.69, 9.17) is 10.6 Å². The number of nitrogens with two attached hydrogens (primary N) is 1. The predicted molar refractivity (Wildman–Crippen MR) is 85.3 cm³/mol. The van der Waals surface area contributed by atoms with Gasteiger partial charge in [-0.25, -0.2) is 4.39 Å². The summed E-state index contributed by atoms with van der Waals surface area (Å²) >= 11 is 3.25. The van der Waals surface area contributed by atoms with E-state index in [9.17, 15) is 4.39 Å². The average Bonchev–Trinajstić information content (AvgIpc) is 2.52. The standard InChI is InChI=1S/C15H23BrFN3O/c1-3-15(2,20-7-9-21-10-8-20)14(19-18)11-5-4-6-12(16)13(11)17/h4-6,14,19H,3,7-10,18H2,1-2H3. The number of hydrogen-bond acceptors (Lipinski definition) is 4. The number of morpholine rings is 1. The molecule has 0 radical (unpaired) electrons. The van der Waals surface area contributed by atoms with Crippen LogP contribution in [0.3, 0.4) is 0 Å². The summed E-state index contributed by atoms with van der Waals surface area (Å²) < 4.78 is 20.4. The van der Waals surface area contributed by atoms with Crippen molar-refractivity contribution in [2.45, 2.75) is 31.8 Å². The van der Waals surface area contributed by atoms with Crippen molar-refractivity contribution in [3.63, 3.8) is 0 Å². The van der Waals surface area contributed by atoms with Crippen molar-refractivity contribution in [2.24, 2.45) is 5.84 Å². The summed E-state index contributed by atoms with van der Waals surface area (Å²) in [5.74, 6) is 5.55. The summed E-state index contributed by atoms with van der Waals surface area (Å²) in [7, 11) is 0. The van der Waals surface area contributed by atoms with E-state index in [0.29, 0.717) is 23.2 Å². The molecule has 1 aromatic rings. The van der Waals surface area contributed by atoms with Gasteiger partial charge in [0.25, 0.3) is 0 Å². The zero-order valence-corrected chi connectivity index (χ0v) is 14.1. The fraction of sp³-hybridized carbons (Fsp3) is 0.600. The maximum Gasteiger partial charge on any atom is 0.142 e. The molecule has 0 bridgehead atoms. The lowest BCUT2D eigenvalue weighted by molar-refractivity contribution is -0.0333. The SMILES string of the molecule is CCC(C)(C(NN)c1cccc(Br)c1F)N1CCOCC1. The first-order valence-corrected chi connectivity index (χ1v) is 8.06. The Labute approximate surface area is 133 Å². The number of hydrazine groups is 1. The normalized spacial score (nSPS) is 21.0. The van der Waals surface area contributed by atoms with Gasteiger partial charge in [0, 0.05) is 24.2 Å². The molecular formula is C15H23BrFN3O. The van der Waals surface area contributed by atoms with Crippen molar-refractivity contribution in [3.05, 3.63) is 34.1 Å². The van der Waals surface area contributed by atoms with Crippen LogP contribution < -0.4 is 11.3 Å². The highest BCUT2D eigenvalue weighted by molar-refractivity contribution is 9.10. The lowest BCUT2D eigenvalue weighted by Gasteiger charge is -2.47. The second kappa shape index (κ2) is 7.15. The number of hydrogen-bond donors (Lipinski definition) is 2. The molecule has 1 fully saturated rings. The highest BCUT2D eigenvalue weighted by atomic mass is 79.9. The van der Waals surface area contributed by atoms with Gasteiger partial charge in [-0.1, -0.05) is 19.1 Å².